The molecule has 0 bridgehead atoms. The number of thioether (sulfide) groups is 1. The van der Waals surface area contributed by atoms with Crippen LogP contribution >= 0.6 is 11.8 Å². The standard InChI is InChI=1S/C5H11NO5S2/c1-12-3-2-4(6)5(7)10-11-13(8)9/h4H,2-3,6H2,1H3,(H,8,9)/p-1. The molecule has 0 aromatic heterocycles. The summed E-state index contributed by atoms with van der Waals surface area (Å²) in [5.41, 5.74) is 5.32. The van der Waals surface area contributed by atoms with E-state index in [4.69, 9.17) is 5.73 Å². The van der Waals surface area contributed by atoms with Crippen LogP contribution in [0.5, 0.6) is 0 Å². The van der Waals surface area contributed by atoms with Crippen molar-refractivity contribution >= 4 is 29.1 Å². The summed E-state index contributed by atoms with van der Waals surface area (Å²) in [5.74, 6) is -0.199. The lowest BCUT2D eigenvalue weighted by molar-refractivity contribution is -0.213. The SMILES string of the molecule is CSCCC(N)C(=O)OOS(=O)[O-]. The molecule has 0 heterocycles. The average molecular weight is 228 g/mol. The van der Waals surface area contributed by atoms with Gasteiger partial charge in [-0.05, 0) is 18.4 Å². The lowest BCUT2D eigenvalue weighted by Gasteiger charge is -2.09. The highest BCUT2D eigenvalue weighted by molar-refractivity contribution is 7.98. The maximum atomic E-state index is 10.8. The second-order valence-corrected chi connectivity index (χ2v) is 3.59. The molecular weight excluding hydrogens is 218 g/mol. The molecule has 2 atom stereocenters. The molecule has 2 unspecified atom stereocenters. The van der Waals surface area contributed by atoms with Gasteiger partial charge < -0.3 is 10.3 Å². The van der Waals surface area contributed by atoms with E-state index >= 15 is 0 Å². The molecule has 0 aliphatic rings. The molecule has 8 heteroatoms. The van der Waals surface area contributed by atoms with Crippen molar-refractivity contribution < 1.29 is 22.8 Å². The number of hydrogen-bond acceptors (Lipinski definition) is 7. The zero-order chi connectivity index (χ0) is 10.3. The van der Waals surface area contributed by atoms with Crippen molar-refractivity contribution in [3.8, 4) is 0 Å². The monoisotopic (exact) mass is 228 g/mol. The Morgan fingerprint density at radius 1 is 1.77 bits per heavy atom. The fourth-order valence-electron chi connectivity index (χ4n) is 0.486. The lowest BCUT2D eigenvalue weighted by atomic mass is 10.2. The van der Waals surface area contributed by atoms with Crippen LogP contribution in [0.15, 0.2) is 0 Å². The molecule has 0 fully saturated rings. The van der Waals surface area contributed by atoms with Crippen LogP contribution < -0.4 is 5.73 Å². The van der Waals surface area contributed by atoms with Crippen molar-refractivity contribution in [1.82, 2.24) is 0 Å². The summed E-state index contributed by atoms with van der Waals surface area (Å²) in [7, 11) is 0. The van der Waals surface area contributed by atoms with E-state index in [0.29, 0.717) is 12.2 Å². The molecule has 6 nitrogen and oxygen atoms in total. The highest BCUT2D eigenvalue weighted by Gasteiger charge is 2.15. The Labute approximate surface area is 82.6 Å². The minimum atomic E-state index is -2.86. The van der Waals surface area contributed by atoms with Gasteiger partial charge in [-0.3, -0.25) is 4.89 Å². The number of carbonyl (C=O) groups is 1. The minimum absolute atomic E-state index is 0.412. The fraction of sp³-hybridized carbons (Fsp3) is 0.800. The van der Waals surface area contributed by atoms with Gasteiger partial charge in [0.1, 0.15) is 17.4 Å². The first-order valence-corrected chi connectivity index (χ1v) is 5.70. The van der Waals surface area contributed by atoms with E-state index in [1.165, 1.54) is 11.8 Å². The van der Waals surface area contributed by atoms with Crippen LogP contribution in [0.25, 0.3) is 0 Å². The van der Waals surface area contributed by atoms with Crippen LogP contribution in [-0.4, -0.2) is 32.8 Å². The van der Waals surface area contributed by atoms with Gasteiger partial charge >= 0.3 is 5.97 Å². The van der Waals surface area contributed by atoms with Gasteiger partial charge in [-0.15, -0.1) is 0 Å². The summed E-state index contributed by atoms with van der Waals surface area (Å²) in [5, 5.41) is 0. The predicted molar refractivity (Wildman–Crippen MR) is 47.1 cm³/mol. The number of rotatable bonds is 6. The predicted octanol–water partition coefficient (Wildman–Crippen LogP) is -0.664. The molecule has 0 saturated heterocycles. The average Bonchev–Trinajstić information content (AvgIpc) is 2.10. The maximum absolute atomic E-state index is 10.8. The van der Waals surface area contributed by atoms with Crippen molar-refractivity contribution in [3.63, 3.8) is 0 Å². The molecular formula is C5H10NO5S2-. The third-order valence-corrected chi connectivity index (χ3v) is 1.93. The van der Waals surface area contributed by atoms with Crippen LogP contribution in [0.4, 0.5) is 0 Å². The fourth-order valence-corrected chi connectivity index (χ4v) is 1.10. The lowest BCUT2D eigenvalue weighted by Crippen LogP contribution is -2.33. The molecule has 0 spiro atoms. The molecule has 13 heavy (non-hydrogen) atoms. The van der Waals surface area contributed by atoms with Crippen LogP contribution in [0.3, 0.4) is 0 Å². The van der Waals surface area contributed by atoms with Crippen LogP contribution in [0, 0.1) is 0 Å². The number of carbonyl (C=O) groups excluding carboxylic acids is 1. The van der Waals surface area contributed by atoms with Gasteiger partial charge in [-0.1, -0.05) is 4.33 Å². The summed E-state index contributed by atoms with van der Waals surface area (Å²) in [4.78, 5) is 14.7. The second-order valence-electron chi connectivity index (χ2n) is 2.06. The minimum Gasteiger partial charge on any atom is -0.747 e. The van der Waals surface area contributed by atoms with Gasteiger partial charge in [-0.2, -0.15) is 11.8 Å². The summed E-state index contributed by atoms with van der Waals surface area (Å²) >= 11 is -1.34. The van der Waals surface area contributed by atoms with Crippen molar-refractivity contribution in [2.24, 2.45) is 5.73 Å². The van der Waals surface area contributed by atoms with Crippen molar-refractivity contribution in [3.05, 3.63) is 0 Å². The zero-order valence-corrected chi connectivity index (χ0v) is 8.56. The third kappa shape index (κ3) is 6.96. The Morgan fingerprint density at radius 2 is 2.38 bits per heavy atom. The largest absolute Gasteiger partial charge is 0.747 e. The van der Waals surface area contributed by atoms with E-state index in [0.717, 1.165) is 0 Å². The maximum Gasteiger partial charge on any atom is 0.360 e. The van der Waals surface area contributed by atoms with Gasteiger partial charge in [0.15, 0.2) is 0 Å². The smallest absolute Gasteiger partial charge is 0.360 e. The molecule has 0 aliphatic heterocycles. The van der Waals surface area contributed by atoms with Crippen LogP contribution in [0.2, 0.25) is 0 Å². The van der Waals surface area contributed by atoms with E-state index in [2.05, 4.69) is 9.22 Å². The summed E-state index contributed by atoms with van der Waals surface area (Å²) in [6.07, 6.45) is 2.27. The van der Waals surface area contributed by atoms with Gasteiger partial charge in [0.2, 0.25) is 0 Å². The molecule has 0 rings (SSSR count). The second kappa shape index (κ2) is 7.27. The molecule has 0 aromatic carbocycles. The molecule has 0 amide bonds. The summed E-state index contributed by atoms with van der Waals surface area (Å²) in [6, 6.07) is -0.851. The van der Waals surface area contributed by atoms with E-state index in [1.54, 1.807) is 0 Å². The molecule has 78 valence electrons. The normalized spacial score (nSPS) is 15.0. The Kier molecular flexibility index (Phi) is 7.19. The Bertz CT molecular complexity index is 188. The number of nitrogens with two attached hydrogens (primary N) is 1. The van der Waals surface area contributed by atoms with Gasteiger partial charge in [0.25, 0.3) is 0 Å². The Morgan fingerprint density at radius 3 is 2.85 bits per heavy atom. The van der Waals surface area contributed by atoms with Crippen molar-refractivity contribution in [2.75, 3.05) is 12.0 Å². The molecule has 0 saturated carbocycles. The number of hydrogen-bond donors (Lipinski definition) is 1. The highest BCUT2D eigenvalue weighted by Crippen LogP contribution is 2.00. The summed E-state index contributed by atoms with van der Waals surface area (Å²) in [6.45, 7) is 0. The molecule has 0 aliphatic carbocycles. The first kappa shape index (κ1) is 12.8. The Balaban J connectivity index is 3.63. The highest BCUT2D eigenvalue weighted by atomic mass is 32.2. The van der Waals surface area contributed by atoms with Crippen LogP contribution in [0.1, 0.15) is 6.42 Å². The van der Waals surface area contributed by atoms with Crippen molar-refractivity contribution in [1.29, 1.82) is 0 Å². The van der Waals surface area contributed by atoms with E-state index in [1.807, 2.05) is 6.26 Å². The first-order chi connectivity index (χ1) is 6.07. The quantitative estimate of drug-likeness (QED) is 0.365. The third-order valence-electron chi connectivity index (χ3n) is 1.11. The van der Waals surface area contributed by atoms with E-state index in [9.17, 15) is 13.6 Å². The Hall–Kier alpha value is -0.150. The van der Waals surface area contributed by atoms with E-state index < -0.39 is 23.4 Å². The summed E-state index contributed by atoms with van der Waals surface area (Å²) < 4.78 is 23.2. The molecule has 2 N–H and O–H groups in total. The van der Waals surface area contributed by atoms with Gasteiger partial charge in [0, 0.05) is 0 Å². The molecule has 0 aromatic rings. The first-order valence-electron chi connectivity index (χ1n) is 3.30. The zero-order valence-electron chi connectivity index (χ0n) is 6.93. The molecule has 0 radical (unpaired) electrons. The van der Waals surface area contributed by atoms with E-state index in [-0.39, 0.29) is 0 Å². The van der Waals surface area contributed by atoms with Crippen LogP contribution in [-0.2, 0) is 25.4 Å². The van der Waals surface area contributed by atoms with Gasteiger partial charge in [-0.25, -0.2) is 9.00 Å². The van der Waals surface area contributed by atoms with Gasteiger partial charge in [0.05, 0.1) is 0 Å². The van der Waals surface area contributed by atoms with Crippen molar-refractivity contribution in [2.45, 2.75) is 12.5 Å². The topological polar surface area (TPSA) is 102 Å².